The number of aryl methyl sites for hydroxylation is 1. The molecular formula is C19H20F2N2O. The van der Waals surface area contributed by atoms with E-state index in [4.69, 9.17) is 0 Å². The summed E-state index contributed by atoms with van der Waals surface area (Å²) in [7, 11) is 0. The summed E-state index contributed by atoms with van der Waals surface area (Å²) in [6.45, 7) is 1.95. The van der Waals surface area contributed by atoms with Crippen LogP contribution in [0.5, 0.6) is 0 Å². The molecule has 1 aliphatic heterocycles. The number of halogens is 2. The van der Waals surface area contributed by atoms with Gasteiger partial charge in [0.1, 0.15) is 11.6 Å². The van der Waals surface area contributed by atoms with Gasteiger partial charge in [-0.05, 0) is 49.1 Å². The first-order valence-corrected chi connectivity index (χ1v) is 8.21. The summed E-state index contributed by atoms with van der Waals surface area (Å²) in [5.41, 5.74) is 3.21. The average molecular weight is 330 g/mol. The first-order chi connectivity index (χ1) is 11.6. The fourth-order valence-electron chi connectivity index (χ4n) is 3.05. The molecular weight excluding hydrogens is 310 g/mol. The second kappa shape index (κ2) is 6.99. The number of nitrogens with one attached hydrogen (secondary N) is 2. The molecule has 1 unspecified atom stereocenters. The molecule has 2 aromatic rings. The molecule has 5 heteroatoms. The predicted molar refractivity (Wildman–Crippen MR) is 91.0 cm³/mol. The summed E-state index contributed by atoms with van der Waals surface area (Å²) >= 11 is 0. The maximum Gasteiger partial charge on any atom is 0.224 e. The highest BCUT2D eigenvalue weighted by molar-refractivity contribution is 5.92. The van der Waals surface area contributed by atoms with Crippen molar-refractivity contribution in [1.29, 1.82) is 0 Å². The van der Waals surface area contributed by atoms with Crippen molar-refractivity contribution >= 4 is 17.3 Å². The van der Waals surface area contributed by atoms with Crippen LogP contribution in [0.25, 0.3) is 0 Å². The van der Waals surface area contributed by atoms with Gasteiger partial charge in [0.25, 0.3) is 0 Å². The van der Waals surface area contributed by atoms with Crippen molar-refractivity contribution in [2.24, 2.45) is 0 Å². The topological polar surface area (TPSA) is 41.1 Å². The normalized spacial score (nSPS) is 15.2. The second-order valence-electron chi connectivity index (χ2n) is 6.04. The van der Waals surface area contributed by atoms with Gasteiger partial charge in [0.2, 0.25) is 5.91 Å². The van der Waals surface area contributed by atoms with E-state index in [-0.39, 0.29) is 11.9 Å². The molecule has 1 heterocycles. The van der Waals surface area contributed by atoms with Crippen LogP contribution < -0.4 is 10.6 Å². The number of fused-ring (bicyclic) bond motifs is 1. The Kier molecular flexibility index (Phi) is 4.79. The van der Waals surface area contributed by atoms with Gasteiger partial charge in [0.05, 0.1) is 6.04 Å². The van der Waals surface area contributed by atoms with E-state index in [1.165, 1.54) is 12.1 Å². The molecule has 0 spiro atoms. The van der Waals surface area contributed by atoms with E-state index in [0.717, 1.165) is 35.8 Å². The van der Waals surface area contributed by atoms with Crippen LogP contribution in [0.4, 0.5) is 20.2 Å². The molecule has 0 aromatic heterocycles. The molecule has 0 radical (unpaired) electrons. The third kappa shape index (κ3) is 3.55. The van der Waals surface area contributed by atoms with Crippen molar-refractivity contribution < 1.29 is 13.6 Å². The zero-order valence-corrected chi connectivity index (χ0v) is 13.5. The molecule has 0 saturated carbocycles. The first-order valence-electron chi connectivity index (χ1n) is 8.21. The molecule has 0 saturated heterocycles. The summed E-state index contributed by atoms with van der Waals surface area (Å²) in [6, 6.07) is 9.15. The van der Waals surface area contributed by atoms with E-state index in [9.17, 15) is 13.6 Å². The molecule has 0 fully saturated rings. The third-order valence-electron chi connectivity index (χ3n) is 4.32. The van der Waals surface area contributed by atoms with Crippen LogP contribution in [0.15, 0.2) is 36.4 Å². The molecule has 0 aliphatic carbocycles. The predicted octanol–water partition coefficient (Wildman–Crippen LogP) is 4.80. The van der Waals surface area contributed by atoms with E-state index in [1.54, 1.807) is 0 Å². The number of hydrogen-bond acceptors (Lipinski definition) is 2. The van der Waals surface area contributed by atoms with E-state index < -0.39 is 11.6 Å². The number of carbonyl (C=O) groups excluding carboxylic acids is 1. The van der Waals surface area contributed by atoms with Gasteiger partial charge in [0, 0.05) is 29.4 Å². The first kappa shape index (κ1) is 16.4. The zero-order valence-electron chi connectivity index (χ0n) is 13.5. The van der Waals surface area contributed by atoms with Crippen LogP contribution in [-0.4, -0.2) is 5.91 Å². The number of hydrogen-bond donors (Lipinski definition) is 2. The lowest BCUT2D eigenvalue weighted by atomic mass is 10.0. The van der Waals surface area contributed by atoms with Crippen LogP contribution in [0.1, 0.15) is 43.4 Å². The number of carbonyl (C=O) groups is 1. The summed E-state index contributed by atoms with van der Waals surface area (Å²) in [6.07, 6.45) is 2.82. The highest BCUT2D eigenvalue weighted by Gasteiger charge is 2.17. The minimum Gasteiger partial charge on any atom is -0.378 e. The smallest absolute Gasteiger partial charge is 0.224 e. The van der Waals surface area contributed by atoms with Crippen LogP contribution in [0, 0.1) is 11.6 Å². The van der Waals surface area contributed by atoms with Crippen molar-refractivity contribution in [1.82, 2.24) is 0 Å². The lowest BCUT2D eigenvalue weighted by molar-refractivity contribution is -0.116. The maximum absolute atomic E-state index is 14.0. The van der Waals surface area contributed by atoms with Gasteiger partial charge in [-0.25, -0.2) is 8.78 Å². The average Bonchev–Trinajstić information content (AvgIpc) is 2.73. The largest absolute Gasteiger partial charge is 0.378 e. The van der Waals surface area contributed by atoms with E-state index in [1.807, 2.05) is 25.1 Å². The van der Waals surface area contributed by atoms with Crippen LogP contribution in [-0.2, 0) is 11.2 Å². The zero-order chi connectivity index (χ0) is 17.1. The third-order valence-corrected chi connectivity index (χ3v) is 4.32. The minimum absolute atomic E-state index is 0.0364. The molecule has 3 nitrogen and oxygen atoms in total. The fourth-order valence-corrected chi connectivity index (χ4v) is 3.05. The number of anilines is 2. The van der Waals surface area contributed by atoms with E-state index in [2.05, 4.69) is 10.6 Å². The van der Waals surface area contributed by atoms with Gasteiger partial charge in [0.15, 0.2) is 0 Å². The SMILES string of the molecule is CCC(Nc1ccc2c(c1)CCCC(=O)N2)c1ccc(F)cc1F. The molecule has 1 amide bonds. The monoisotopic (exact) mass is 330 g/mol. The number of rotatable bonds is 4. The quantitative estimate of drug-likeness (QED) is 0.845. The molecule has 0 bridgehead atoms. The lowest BCUT2D eigenvalue weighted by Gasteiger charge is -2.20. The molecule has 2 N–H and O–H groups in total. The summed E-state index contributed by atoms with van der Waals surface area (Å²) in [5, 5.41) is 6.21. The Bertz CT molecular complexity index is 761. The van der Waals surface area contributed by atoms with Crippen molar-refractivity contribution in [2.45, 2.75) is 38.6 Å². The van der Waals surface area contributed by atoms with Crippen molar-refractivity contribution in [3.63, 3.8) is 0 Å². The standard InChI is InChI=1S/C19H20F2N2O/c1-2-17(15-8-6-13(20)11-16(15)21)22-14-7-9-18-12(10-14)4-3-5-19(24)23-18/h6-11,17,22H,2-5H2,1H3,(H,23,24). The number of amides is 1. The van der Waals surface area contributed by atoms with Gasteiger partial charge >= 0.3 is 0 Å². The summed E-state index contributed by atoms with van der Waals surface area (Å²) in [4.78, 5) is 11.6. The summed E-state index contributed by atoms with van der Waals surface area (Å²) < 4.78 is 27.1. The highest BCUT2D eigenvalue weighted by Crippen LogP contribution is 2.29. The molecule has 24 heavy (non-hydrogen) atoms. The molecule has 3 rings (SSSR count). The molecule has 1 atom stereocenters. The van der Waals surface area contributed by atoms with Gasteiger partial charge < -0.3 is 10.6 Å². The second-order valence-corrected chi connectivity index (χ2v) is 6.04. The van der Waals surface area contributed by atoms with E-state index >= 15 is 0 Å². The van der Waals surface area contributed by atoms with E-state index in [0.29, 0.717) is 18.4 Å². The Morgan fingerprint density at radius 1 is 1.17 bits per heavy atom. The van der Waals surface area contributed by atoms with Gasteiger partial charge in [-0.1, -0.05) is 13.0 Å². The van der Waals surface area contributed by atoms with Gasteiger partial charge in [-0.3, -0.25) is 4.79 Å². The van der Waals surface area contributed by atoms with Crippen molar-refractivity contribution in [3.05, 3.63) is 59.2 Å². The Labute approximate surface area is 140 Å². The Morgan fingerprint density at radius 3 is 2.75 bits per heavy atom. The van der Waals surface area contributed by atoms with Gasteiger partial charge in [-0.15, -0.1) is 0 Å². The molecule has 2 aromatic carbocycles. The fraction of sp³-hybridized carbons (Fsp3) is 0.316. The van der Waals surface area contributed by atoms with Crippen molar-refractivity contribution in [2.75, 3.05) is 10.6 Å². The Balaban J connectivity index is 1.84. The maximum atomic E-state index is 14.0. The molecule has 1 aliphatic rings. The van der Waals surface area contributed by atoms with Crippen LogP contribution in [0.3, 0.4) is 0 Å². The highest BCUT2D eigenvalue weighted by atomic mass is 19.1. The van der Waals surface area contributed by atoms with Gasteiger partial charge in [-0.2, -0.15) is 0 Å². The molecule has 126 valence electrons. The Morgan fingerprint density at radius 2 is 2.00 bits per heavy atom. The van der Waals surface area contributed by atoms with Crippen molar-refractivity contribution in [3.8, 4) is 0 Å². The number of benzene rings is 2. The van der Waals surface area contributed by atoms with Crippen LogP contribution in [0.2, 0.25) is 0 Å². The lowest BCUT2D eigenvalue weighted by Crippen LogP contribution is -2.12. The minimum atomic E-state index is -0.577. The van der Waals surface area contributed by atoms with Crippen LogP contribution >= 0.6 is 0 Å². The summed E-state index contributed by atoms with van der Waals surface area (Å²) in [5.74, 6) is -1.09. The Hall–Kier alpha value is -2.43.